The summed E-state index contributed by atoms with van der Waals surface area (Å²) in [7, 11) is 3.06. The monoisotopic (exact) mass is 265 g/mol. The Hall–Kier alpha value is -1.71. The van der Waals surface area contributed by atoms with Crippen LogP contribution in [-0.4, -0.2) is 26.7 Å². The van der Waals surface area contributed by atoms with Gasteiger partial charge in [-0.25, -0.2) is 0 Å². The minimum Gasteiger partial charge on any atom is -0.495 e. The molecule has 0 fully saturated rings. The van der Waals surface area contributed by atoms with E-state index in [9.17, 15) is 4.79 Å². The van der Waals surface area contributed by atoms with Crippen LogP contribution in [0.25, 0.3) is 0 Å². The van der Waals surface area contributed by atoms with Gasteiger partial charge in [-0.1, -0.05) is 19.9 Å². The number of aryl methyl sites for hydroxylation is 1. The molecule has 4 nitrogen and oxygen atoms in total. The predicted molar refractivity (Wildman–Crippen MR) is 76.6 cm³/mol. The van der Waals surface area contributed by atoms with Gasteiger partial charge in [-0.2, -0.15) is 0 Å². The maximum atomic E-state index is 11.7. The summed E-state index contributed by atoms with van der Waals surface area (Å²) in [4.78, 5) is 11.7. The molecule has 4 heteroatoms. The second kappa shape index (κ2) is 7.02. The summed E-state index contributed by atoms with van der Waals surface area (Å²) < 4.78 is 10.1. The number of carbonyl (C=O) groups is 1. The van der Waals surface area contributed by atoms with Crippen molar-refractivity contribution in [3.05, 3.63) is 23.8 Å². The average molecular weight is 265 g/mol. The van der Waals surface area contributed by atoms with Crippen molar-refractivity contribution in [3.63, 3.8) is 0 Å². The third kappa shape index (κ3) is 4.16. The summed E-state index contributed by atoms with van der Waals surface area (Å²) in [5.41, 5.74) is 2.04. The smallest absolute Gasteiger partial charge is 0.310 e. The highest BCUT2D eigenvalue weighted by atomic mass is 16.5. The van der Waals surface area contributed by atoms with Crippen molar-refractivity contribution in [2.24, 2.45) is 11.8 Å². The van der Waals surface area contributed by atoms with Crippen molar-refractivity contribution < 1.29 is 14.3 Å². The fourth-order valence-corrected chi connectivity index (χ4v) is 1.92. The Morgan fingerprint density at radius 2 is 2.00 bits per heavy atom. The third-order valence-corrected chi connectivity index (χ3v) is 3.18. The number of hydrogen-bond donors (Lipinski definition) is 1. The molecular formula is C15H23NO3. The Kier molecular flexibility index (Phi) is 5.67. The van der Waals surface area contributed by atoms with Gasteiger partial charge in [0.1, 0.15) is 5.75 Å². The van der Waals surface area contributed by atoms with Gasteiger partial charge >= 0.3 is 5.97 Å². The number of nitrogens with one attached hydrogen (secondary N) is 1. The quantitative estimate of drug-likeness (QED) is 0.803. The summed E-state index contributed by atoms with van der Waals surface area (Å²) in [6.07, 6.45) is 0. The van der Waals surface area contributed by atoms with Crippen LogP contribution in [0.1, 0.15) is 19.4 Å². The fourth-order valence-electron chi connectivity index (χ4n) is 1.92. The van der Waals surface area contributed by atoms with Gasteiger partial charge in [0.05, 0.1) is 25.8 Å². The molecule has 0 aliphatic heterocycles. The van der Waals surface area contributed by atoms with Crippen LogP contribution in [0.15, 0.2) is 18.2 Å². The number of hydrogen-bond acceptors (Lipinski definition) is 4. The van der Waals surface area contributed by atoms with Crippen molar-refractivity contribution in [1.82, 2.24) is 0 Å². The highest BCUT2D eigenvalue weighted by Gasteiger charge is 2.23. The zero-order valence-corrected chi connectivity index (χ0v) is 12.3. The first-order valence-corrected chi connectivity index (χ1v) is 6.46. The lowest BCUT2D eigenvalue weighted by atomic mass is 9.96. The molecule has 1 unspecified atom stereocenters. The van der Waals surface area contributed by atoms with Gasteiger partial charge in [-0.15, -0.1) is 0 Å². The Morgan fingerprint density at radius 1 is 1.32 bits per heavy atom. The van der Waals surface area contributed by atoms with Gasteiger partial charge in [0, 0.05) is 6.54 Å². The van der Waals surface area contributed by atoms with Gasteiger partial charge < -0.3 is 14.8 Å². The van der Waals surface area contributed by atoms with E-state index in [1.807, 2.05) is 39.0 Å². The third-order valence-electron chi connectivity index (χ3n) is 3.18. The van der Waals surface area contributed by atoms with Crippen LogP contribution in [0.3, 0.4) is 0 Å². The van der Waals surface area contributed by atoms with E-state index in [1.165, 1.54) is 7.11 Å². The van der Waals surface area contributed by atoms with E-state index < -0.39 is 0 Å². The van der Waals surface area contributed by atoms with E-state index >= 15 is 0 Å². The first-order chi connectivity index (χ1) is 8.99. The van der Waals surface area contributed by atoms with Crippen LogP contribution >= 0.6 is 0 Å². The summed E-state index contributed by atoms with van der Waals surface area (Å²) >= 11 is 0. The number of esters is 1. The molecule has 0 saturated heterocycles. The molecule has 106 valence electrons. The molecule has 1 rings (SSSR count). The highest BCUT2D eigenvalue weighted by Crippen LogP contribution is 2.26. The Morgan fingerprint density at radius 3 is 2.53 bits per heavy atom. The topological polar surface area (TPSA) is 47.6 Å². The minimum absolute atomic E-state index is 0.171. The van der Waals surface area contributed by atoms with E-state index in [2.05, 4.69) is 5.32 Å². The Balaban J connectivity index is 2.79. The first-order valence-electron chi connectivity index (χ1n) is 6.46. The predicted octanol–water partition coefficient (Wildman–Crippen LogP) is 2.86. The molecule has 1 N–H and O–H groups in total. The van der Waals surface area contributed by atoms with E-state index in [-0.39, 0.29) is 17.8 Å². The molecule has 0 spiro atoms. The van der Waals surface area contributed by atoms with Crippen LogP contribution in [0.5, 0.6) is 5.75 Å². The standard InChI is InChI=1S/C15H23NO3/c1-10(2)12(15(17)19-5)9-16-13-8-11(3)6-7-14(13)18-4/h6-8,10,12,16H,9H2,1-5H3. The molecule has 0 saturated carbocycles. The maximum Gasteiger partial charge on any atom is 0.310 e. The van der Waals surface area contributed by atoms with Crippen molar-refractivity contribution in [2.75, 3.05) is 26.1 Å². The van der Waals surface area contributed by atoms with Gasteiger partial charge in [0.25, 0.3) is 0 Å². The molecule has 0 bridgehead atoms. The van der Waals surface area contributed by atoms with Gasteiger partial charge in [0.2, 0.25) is 0 Å². The number of ether oxygens (including phenoxy) is 2. The maximum absolute atomic E-state index is 11.7. The zero-order chi connectivity index (χ0) is 14.4. The normalized spacial score (nSPS) is 12.1. The van der Waals surface area contributed by atoms with Crippen LogP contribution in [-0.2, 0) is 9.53 Å². The minimum atomic E-state index is -0.186. The molecule has 0 aliphatic carbocycles. The molecule has 1 aromatic carbocycles. The zero-order valence-electron chi connectivity index (χ0n) is 12.3. The largest absolute Gasteiger partial charge is 0.495 e. The number of carbonyl (C=O) groups excluding carboxylic acids is 1. The second-order valence-electron chi connectivity index (χ2n) is 4.96. The van der Waals surface area contributed by atoms with Crippen LogP contribution in [0, 0.1) is 18.8 Å². The second-order valence-corrected chi connectivity index (χ2v) is 4.96. The van der Waals surface area contributed by atoms with E-state index in [1.54, 1.807) is 7.11 Å². The molecular weight excluding hydrogens is 242 g/mol. The van der Waals surface area contributed by atoms with Crippen molar-refractivity contribution >= 4 is 11.7 Å². The molecule has 1 atom stereocenters. The summed E-state index contributed by atoms with van der Waals surface area (Å²) in [6.45, 7) is 6.57. The molecule has 0 radical (unpaired) electrons. The molecule has 0 amide bonds. The molecule has 0 heterocycles. The van der Waals surface area contributed by atoms with Gasteiger partial charge in [-0.05, 0) is 30.5 Å². The lowest BCUT2D eigenvalue weighted by Crippen LogP contribution is -2.29. The average Bonchev–Trinajstić information content (AvgIpc) is 2.38. The Bertz CT molecular complexity index is 429. The SMILES string of the molecule is COC(=O)C(CNc1cc(C)ccc1OC)C(C)C. The number of methoxy groups -OCH3 is 2. The van der Waals surface area contributed by atoms with Crippen molar-refractivity contribution in [3.8, 4) is 5.75 Å². The van der Waals surface area contributed by atoms with Crippen LogP contribution in [0.4, 0.5) is 5.69 Å². The first kappa shape index (κ1) is 15.3. The molecule has 19 heavy (non-hydrogen) atoms. The Labute approximate surface area is 115 Å². The molecule has 0 aliphatic rings. The number of benzene rings is 1. The van der Waals surface area contributed by atoms with Crippen molar-refractivity contribution in [2.45, 2.75) is 20.8 Å². The molecule has 0 aromatic heterocycles. The lowest BCUT2D eigenvalue weighted by molar-refractivity contribution is -0.146. The van der Waals surface area contributed by atoms with Gasteiger partial charge in [-0.3, -0.25) is 4.79 Å². The van der Waals surface area contributed by atoms with Crippen molar-refractivity contribution in [1.29, 1.82) is 0 Å². The molecule has 1 aromatic rings. The number of rotatable bonds is 6. The number of anilines is 1. The summed E-state index contributed by atoms with van der Waals surface area (Å²) in [6, 6.07) is 5.91. The summed E-state index contributed by atoms with van der Waals surface area (Å²) in [5, 5.41) is 3.28. The highest BCUT2D eigenvalue weighted by molar-refractivity contribution is 5.73. The van der Waals surface area contributed by atoms with Crippen LogP contribution in [0.2, 0.25) is 0 Å². The fraction of sp³-hybridized carbons (Fsp3) is 0.533. The van der Waals surface area contributed by atoms with E-state index in [0.29, 0.717) is 6.54 Å². The lowest BCUT2D eigenvalue weighted by Gasteiger charge is -2.20. The van der Waals surface area contributed by atoms with E-state index in [4.69, 9.17) is 9.47 Å². The van der Waals surface area contributed by atoms with Gasteiger partial charge in [0.15, 0.2) is 0 Å². The van der Waals surface area contributed by atoms with Crippen LogP contribution < -0.4 is 10.1 Å². The van der Waals surface area contributed by atoms with E-state index in [0.717, 1.165) is 17.0 Å². The summed E-state index contributed by atoms with van der Waals surface area (Å²) in [5.74, 6) is 0.637.